The highest BCUT2D eigenvalue weighted by molar-refractivity contribution is 5.90. The van der Waals surface area contributed by atoms with Gasteiger partial charge in [-0.25, -0.2) is 0 Å². The minimum absolute atomic E-state index is 0.00861. The maximum Gasteiger partial charge on any atom is 0.246 e. The molecule has 0 radical (unpaired) electrons. The van der Waals surface area contributed by atoms with Crippen molar-refractivity contribution in [2.24, 2.45) is 5.92 Å². The van der Waals surface area contributed by atoms with E-state index in [1.54, 1.807) is 4.90 Å². The van der Waals surface area contributed by atoms with E-state index in [-0.39, 0.29) is 17.7 Å². The van der Waals surface area contributed by atoms with Gasteiger partial charge in [-0.2, -0.15) is 0 Å². The molecule has 2 rings (SSSR count). The Bertz CT molecular complexity index is 430. The predicted molar refractivity (Wildman–Crippen MR) is 77.7 cm³/mol. The third-order valence-electron chi connectivity index (χ3n) is 4.56. The molecule has 0 aromatic carbocycles. The van der Waals surface area contributed by atoms with E-state index < -0.39 is 11.6 Å². The Morgan fingerprint density at radius 2 is 1.90 bits per heavy atom. The van der Waals surface area contributed by atoms with Gasteiger partial charge < -0.3 is 10.2 Å². The van der Waals surface area contributed by atoms with Gasteiger partial charge in [0.05, 0.1) is 5.54 Å². The molecule has 4 nitrogen and oxygen atoms in total. The molecule has 2 aliphatic rings. The third kappa shape index (κ3) is 2.98. The Morgan fingerprint density at radius 3 is 2.50 bits per heavy atom. The summed E-state index contributed by atoms with van der Waals surface area (Å²) < 4.78 is 0. The Labute approximate surface area is 121 Å². The number of terminal acetylenes is 1. The smallest absolute Gasteiger partial charge is 0.246 e. The molecule has 1 unspecified atom stereocenters. The van der Waals surface area contributed by atoms with Crippen LogP contribution in [0.2, 0.25) is 0 Å². The third-order valence-corrected chi connectivity index (χ3v) is 4.56. The number of rotatable bonds is 2. The molecular formula is C16H24N2O2. The fourth-order valence-electron chi connectivity index (χ4n) is 3.22. The topological polar surface area (TPSA) is 49.4 Å². The number of amides is 2. The van der Waals surface area contributed by atoms with Crippen LogP contribution in [-0.4, -0.2) is 34.8 Å². The van der Waals surface area contributed by atoms with Crippen LogP contribution in [0.1, 0.15) is 52.4 Å². The quantitative estimate of drug-likeness (QED) is 0.780. The molecule has 1 saturated heterocycles. The monoisotopic (exact) mass is 276 g/mol. The summed E-state index contributed by atoms with van der Waals surface area (Å²) in [6.07, 6.45) is 11.4. The second-order valence-electron chi connectivity index (χ2n) is 6.39. The molecule has 2 fully saturated rings. The summed E-state index contributed by atoms with van der Waals surface area (Å²) in [5.74, 6) is 2.89. The molecule has 0 aromatic heterocycles. The molecule has 20 heavy (non-hydrogen) atoms. The van der Waals surface area contributed by atoms with E-state index in [1.165, 1.54) is 6.42 Å². The lowest BCUT2D eigenvalue weighted by Crippen LogP contribution is -2.55. The minimum Gasteiger partial charge on any atom is -0.344 e. The van der Waals surface area contributed by atoms with E-state index in [2.05, 4.69) is 11.2 Å². The number of nitrogens with one attached hydrogen (secondary N) is 1. The first-order valence-corrected chi connectivity index (χ1v) is 7.54. The zero-order chi connectivity index (χ0) is 14.8. The first kappa shape index (κ1) is 14.9. The molecule has 1 aliphatic carbocycles. The van der Waals surface area contributed by atoms with Crippen molar-refractivity contribution in [2.45, 2.75) is 64.0 Å². The SMILES string of the molecule is C#CC(C)(C)N1CCC(=O)NC(C2CCCCC2)C1=O. The van der Waals surface area contributed by atoms with Gasteiger partial charge in [0, 0.05) is 13.0 Å². The highest BCUT2D eigenvalue weighted by atomic mass is 16.2. The van der Waals surface area contributed by atoms with E-state index in [9.17, 15) is 9.59 Å². The van der Waals surface area contributed by atoms with Gasteiger partial charge >= 0.3 is 0 Å². The summed E-state index contributed by atoms with van der Waals surface area (Å²) in [6.45, 7) is 4.13. The molecule has 1 atom stereocenters. The molecule has 4 heteroatoms. The largest absolute Gasteiger partial charge is 0.344 e. The second-order valence-corrected chi connectivity index (χ2v) is 6.39. The number of nitrogens with zero attached hydrogens (tertiary/aromatic N) is 1. The average Bonchev–Trinajstić information content (AvgIpc) is 2.59. The molecule has 1 N–H and O–H groups in total. The fourth-order valence-corrected chi connectivity index (χ4v) is 3.22. The van der Waals surface area contributed by atoms with Crippen LogP contribution in [0.25, 0.3) is 0 Å². The summed E-state index contributed by atoms with van der Waals surface area (Å²) in [5, 5.41) is 2.93. The van der Waals surface area contributed by atoms with Crippen molar-refractivity contribution in [1.82, 2.24) is 10.2 Å². The number of carbonyl (C=O) groups is 2. The maximum absolute atomic E-state index is 12.8. The van der Waals surface area contributed by atoms with Gasteiger partial charge in [0.1, 0.15) is 6.04 Å². The second kappa shape index (κ2) is 5.87. The average molecular weight is 276 g/mol. The van der Waals surface area contributed by atoms with Crippen LogP contribution < -0.4 is 5.32 Å². The maximum atomic E-state index is 12.8. The predicted octanol–water partition coefficient (Wildman–Crippen LogP) is 1.70. The lowest BCUT2D eigenvalue weighted by Gasteiger charge is -2.37. The van der Waals surface area contributed by atoms with Crippen LogP contribution in [0.5, 0.6) is 0 Å². The van der Waals surface area contributed by atoms with Crippen molar-refractivity contribution < 1.29 is 9.59 Å². The Balaban J connectivity index is 2.23. The van der Waals surface area contributed by atoms with Crippen LogP contribution in [-0.2, 0) is 9.59 Å². The molecule has 0 spiro atoms. The van der Waals surface area contributed by atoms with Crippen molar-refractivity contribution in [3.63, 3.8) is 0 Å². The van der Waals surface area contributed by atoms with Crippen LogP contribution in [0, 0.1) is 18.3 Å². The van der Waals surface area contributed by atoms with E-state index in [0.29, 0.717) is 13.0 Å². The van der Waals surface area contributed by atoms with Crippen LogP contribution in [0.3, 0.4) is 0 Å². The number of hydrogen-bond donors (Lipinski definition) is 1. The molecular weight excluding hydrogens is 252 g/mol. The minimum atomic E-state index is -0.643. The zero-order valence-electron chi connectivity index (χ0n) is 12.4. The molecule has 1 heterocycles. The first-order valence-electron chi connectivity index (χ1n) is 7.54. The zero-order valence-corrected chi connectivity index (χ0v) is 12.4. The first-order chi connectivity index (χ1) is 9.45. The normalized spacial score (nSPS) is 25.9. The number of hydrogen-bond acceptors (Lipinski definition) is 2. The molecule has 2 amide bonds. The fraction of sp³-hybridized carbons (Fsp3) is 0.750. The van der Waals surface area contributed by atoms with Crippen LogP contribution in [0.15, 0.2) is 0 Å². The summed E-state index contributed by atoms with van der Waals surface area (Å²) in [5.41, 5.74) is -0.643. The summed E-state index contributed by atoms with van der Waals surface area (Å²) in [7, 11) is 0. The van der Waals surface area contributed by atoms with E-state index in [4.69, 9.17) is 6.42 Å². The highest BCUT2D eigenvalue weighted by Gasteiger charge is 2.40. The van der Waals surface area contributed by atoms with Gasteiger partial charge in [-0.1, -0.05) is 25.2 Å². The van der Waals surface area contributed by atoms with E-state index in [0.717, 1.165) is 25.7 Å². The summed E-state index contributed by atoms with van der Waals surface area (Å²) >= 11 is 0. The molecule has 110 valence electrons. The van der Waals surface area contributed by atoms with Gasteiger partial charge in [-0.3, -0.25) is 9.59 Å². The van der Waals surface area contributed by atoms with Crippen molar-refractivity contribution in [1.29, 1.82) is 0 Å². The van der Waals surface area contributed by atoms with Crippen LogP contribution in [0.4, 0.5) is 0 Å². The molecule has 0 aromatic rings. The highest BCUT2D eigenvalue weighted by Crippen LogP contribution is 2.29. The standard InChI is InChI=1S/C16H24N2O2/c1-4-16(2,3)18-11-10-13(19)17-14(15(18)20)12-8-6-5-7-9-12/h1,12,14H,5-11H2,2-3H3,(H,17,19). The Kier molecular flexibility index (Phi) is 4.37. The van der Waals surface area contributed by atoms with Crippen molar-refractivity contribution in [3.05, 3.63) is 0 Å². The lowest BCUT2D eigenvalue weighted by atomic mass is 9.83. The van der Waals surface area contributed by atoms with Crippen molar-refractivity contribution in [2.75, 3.05) is 6.54 Å². The molecule has 0 bridgehead atoms. The summed E-state index contributed by atoms with van der Waals surface area (Å²) in [4.78, 5) is 26.4. The van der Waals surface area contributed by atoms with Crippen molar-refractivity contribution >= 4 is 11.8 Å². The van der Waals surface area contributed by atoms with Gasteiger partial charge in [-0.15, -0.1) is 6.42 Å². The number of carbonyl (C=O) groups excluding carboxylic acids is 2. The van der Waals surface area contributed by atoms with Crippen molar-refractivity contribution in [3.8, 4) is 12.3 Å². The Morgan fingerprint density at radius 1 is 1.25 bits per heavy atom. The van der Waals surface area contributed by atoms with E-state index >= 15 is 0 Å². The Hall–Kier alpha value is -1.50. The molecule has 1 saturated carbocycles. The van der Waals surface area contributed by atoms with Gasteiger partial charge in [0.15, 0.2) is 0 Å². The van der Waals surface area contributed by atoms with Gasteiger partial charge in [-0.05, 0) is 32.6 Å². The van der Waals surface area contributed by atoms with Gasteiger partial charge in [0.2, 0.25) is 11.8 Å². The van der Waals surface area contributed by atoms with Gasteiger partial charge in [0.25, 0.3) is 0 Å². The molecule has 1 aliphatic heterocycles. The van der Waals surface area contributed by atoms with Crippen LogP contribution >= 0.6 is 0 Å². The summed E-state index contributed by atoms with van der Waals surface area (Å²) in [6, 6.07) is -0.391. The van der Waals surface area contributed by atoms with E-state index in [1.807, 2.05) is 13.8 Å². The lowest BCUT2D eigenvalue weighted by molar-refractivity contribution is -0.138.